The number of aliphatic carboxylic acids is 1. The maximum absolute atomic E-state index is 13.2. The molecule has 10 nitrogen and oxygen atoms in total. The van der Waals surface area contributed by atoms with Crippen LogP contribution in [0.25, 0.3) is 0 Å². The van der Waals surface area contributed by atoms with E-state index < -0.39 is 36.0 Å². The minimum Gasteiger partial charge on any atom is -0.497 e. The Bertz CT molecular complexity index is 1310. The fraction of sp³-hybridized carbons (Fsp3) is 0.154. The number of carbonyl (C=O) groups is 4. The quantitative estimate of drug-likeness (QED) is 0.346. The van der Waals surface area contributed by atoms with Crippen molar-refractivity contribution in [2.45, 2.75) is 12.2 Å². The first-order valence-electron chi connectivity index (χ1n) is 10.7. The van der Waals surface area contributed by atoms with Crippen molar-refractivity contribution in [1.29, 1.82) is 0 Å². The number of hydrogen-bond donors (Lipinski definition) is 2. The zero-order valence-corrected chi connectivity index (χ0v) is 21.3. The molecule has 0 heterocycles. The molecule has 11 heteroatoms. The molecule has 0 fully saturated rings. The summed E-state index contributed by atoms with van der Waals surface area (Å²) in [5.41, 5.74) is 0.240. The number of carbonyl (C=O) groups excluding carboxylic acids is 3. The SMILES string of the molecule is COc1cccc(C(=O)O[C@H](C(=O)Nc2cccc(Br)c2)[C@@H](OC(=O)c2cccc(OC)c2)C(=O)O)c1. The lowest BCUT2D eigenvalue weighted by atomic mass is 10.1. The predicted molar refractivity (Wildman–Crippen MR) is 135 cm³/mol. The number of anilines is 1. The summed E-state index contributed by atoms with van der Waals surface area (Å²) in [5, 5.41) is 12.3. The number of carboxylic acids is 1. The van der Waals surface area contributed by atoms with Gasteiger partial charge in [0.1, 0.15) is 11.5 Å². The Morgan fingerprint density at radius 3 is 1.76 bits per heavy atom. The Hall–Kier alpha value is -4.38. The molecule has 0 aliphatic carbocycles. The number of ether oxygens (including phenoxy) is 4. The number of rotatable bonds is 10. The van der Waals surface area contributed by atoms with Gasteiger partial charge in [0.05, 0.1) is 25.3 Å². The fourth-order valence-corrected chi connectivity index (χ4v) is 3.54. The Morgan fingerprint density at radius 1 is 0.757 bits per heavy atom. The van der Waals surface area contributed by atoms with E-state index in [0.717, 1.165) is 0 Å². The average Bonchev–Trinajstić information content (AvgIpc) is 2.90. The van der Waals surface area contributed by atoms with Gasteiger partial charge in [0, 0.05) is 10.2 Å². The average molecular weight is 572 g/mol. The molecule has 0 unspecified atom stereocenters. The molecule has 0 spiro atoms. The molecule has 0 saturated heterocycles. The number of carboxylic acid groups (broad SMARTS) is 1. The highest BCUT2D eigenvalue weighted by atomic mass is 79.9. The number of nitrogens with one attached hydrogen (secondary N) is 1. The molecule has 192 valence electrons. The second-order valence-electron chi connectivity index (χ2n) is 7.45. The molecule has 3 aromatic carbocycles. The second-order valence-corrected chi connectivity index (χ2v) is 8.37. The molecule has 0 saturated carbocycles. The maximum atomic E-state index is 13.2. The summed E-state index contributed by atoms with van der Waals surface area (Å²) in [5.74, 6) is -4.16. The van der Waals surface area contributed by atoms with E-state index in [1.54, 1.807) is 36.4 Å². The highest BCUT2D eigenvalue weighted by Crippen LogP contribution is 2.21. The third-order valence-corrected chi connectivity index (χ3v) is 5.44. The van der Waals surface area contributed by atoms with Crippen LogP contribution in [0.3, 0.4) is 0 Å². The van der Waals surface area contributed by atoms with Gasteiger partial charge in [-0.1, -0.05) is 34.1 Å². The van der Waals surface area contributed by atoms with Gasteiger partial charge >= 0.3 is 17.9 Å². The Morgan fingerprint density at radius 2 is 1.27 bits per heavy atom. The van der Waals surface area contributed by atoms with Crippen LogP contribution >= 0.6 is 15.9 Å². The van der Waals surface area contributed by atoms with E-state index in [2.05, 4.69) is 21.2 Å². The Labute approximate surface area is 220 Å². The van der Waals surface area contributed by atoms with E-state index in [-0.39, 0.29) is 16.8 Å². The van der Waals surface area contributed by atoms with Gasteiger partial charge in [0.2, 0.25) is 12.2 Å². The standard InChI is InChI=1S/C26H22BrNO9/c1-34-19-10-3-6-15(12-19)25(32)36-21(23(29)28-18-9-5-8-17(27)14-18)22(24(30)31)37-26(33)16-7-4-11-20(13-16)35-2/h3-14,21-22H,1-2H3,(H,28,29)(H,30,31)/t21-,22+/m0/s1. The summed E-state index contributed by atoms with van der Waals surface area (Å²) in [7, 11) is 2.79. The molecule has 0 aliphatic rings. The van der Waals surface area contributed by atoms with Crippen LogP contribution in [-0.4, -0.2) is 55.3 Å². The highest BCUT2D eigenvalue weighted by Gasteiger charge is 2.41. The number of methoxy groups -OCH3 is 2. The minimum atomic E-state index is -2.18. The molecule has 0 aromatic heterocycles. The number of halogens is 1. The molecular weight excluding hydrogens is 550 g/mol. The van der Waals surface area contributed by atoms with Gasteiger partial charge in [-0.15, -0.1) is 0 Å². The molecule has 2 atom stereocenters. The summed E-state index contributed by atoms with van der Waals surface area (Å²) in [6, 6.07) is 18.1. The van der Waals surface area contributed by atoms with E-state index >= 15 is 0 Å². The van der Waals surface area contributed by atoms with Gasteiger partial charge < -0.3 is 29.4 Å². The lowest BCUT2D eigenvalue weighted by molar-refractivity contribution is -0.157. The predicted octanol–water partition coefficient (Wildman–Crippen LogP) is 3.94. The van der Waals surface area contributed by atoms with Crippen LogP contribution in [-0.2, 0) is 19.1 Å². The van der Waals surface area contributed by atoms with Crippen molar-refractivity contribution >= 4 is 45.4 Å². The lowest BCUT2D eigenvalue weighted by Crippen LogP contribution is -2.48. The van der Waals surface area contributed by atoms with Crippen LogP contribution in [0.2, 0.25) is 0 Å². The van der Waals surface area contributed by atoms with Crippen molar-refractivity contribution in [2.75, 3.05) is 19.5 Å². The minimum absolute atomic E-state index is 0.0112. The first-order chi connectivity index (χ1) is 17.7. The first kappa shape index (κ1) is 27.2. The number of amides is 1. The van der Waals surface area contributed by atoms with Gasteiger partial charge in [0.25, 0.3) is 5.91 Å². The van der Waals surface area contributed by atoms with Gasteiger partial charge in [-0.05, 0) is 54.6 Å². The largest absolute Gasteiger partial charge is 0.497 e. The van der Waals surface area contributed by atoms with Gasteiger partial charge in [-0.2, -0.15) is 0 Å². The van der Waals surface area contributed by atoms with E-state index in [9.17, 15) is 24.3 Å². The van der Waals surface area contributed by atoms with Crippen molar-refractivity contribution in [1.82, 2.24) is 0 Å². The molecule has 0 radical (unpaired) electrons. The van der Waals surface area contributed by atoms with Crippen molar-refractivity contribution in [3.63, 3.8) is 0 Å². The zero-order valence-electron chi connectivity index (χ0n) is 19.7. The van der Waals surface area contributed by atoms with Crippen molar-refractivity contribution < 1.29 is 43.2 Å². The summed E-state index contributed by atoms with van der Waals surface area (Å²) in [4.78, 5) is 51.0. The third kappa shape index (κ3) is 7.31. The number of hydrogen-bond acceptors (Lipinski definition) is 8. The van der Waals surface area contributed by atoms with Crippen LogP contribution in [0, 0.1) is 0 Å². The monoisotopic (exact) mass is 571 g/mol. The van der Waals surface area contributed by atoms with Gasteiger partial charge in [0.15, 0.2) is 0 Å². The number of benzene rings is 3. The van der Waals surface area contributed by atoms with Crippen molar-refractivity contribution in [3.8, 4) is 11.5 Å². The van der Waals surface area contributed by atoms with Crippen LogP contribution in [0.15, 0.2) is 77.3 Å². The second kappa shape index (κ2) is 12.5. The topological polar surface area (TPSA) is 137 Å². The zero-order chi connectivity index (χ0) is 26.9. The van der Waals surface area contributed by atoms with Gasteiger partial charge in [-0.3, -0.25) is 4.79 Å². The molecule has 37 heavy (non-hydrogen) atoms. The normalized spacial score (nSPS) is 12.0. The first-order valence-corrected chi connectivity index (χ1v) is 11.5. The van der Waals surface area contributed by atoms with Crippen molar-refractivity contribution in [3.05, 3.63) is 88.4 Å². The van der Waals surface area contributed by atoms with Crippen LogP contribution in [0.1, 0.15) is 20.7 Å². The molecular formula is C26H22BrNO9. The highest BCUT2D eigenvalue weighted by molar-refractivity contribution is 9.10. The van der Waals surface area contributed by atoms with E-state index in [0.29, 0.717) is 16.0 Å². The third-order valence-electron chi connectivity index (χ3n) is 4.95. The van der Waals surface area contributed by atoms with E-state index in [1.165, 1.54) is 50.6 Å². The molecule has 3 aromatic rings. The lowest BCUT2D eigenvalue weighted by Gasteiger charge is -2.23. The molecule has 1 amide bonds. The maximum Gasteiger partial charge on any atom is 0.349 e. The fourth-order valence-electron chi connectivity index (χ4n) is 3.14. The molecule has 3 rings (SSSR count). The van der Waals surface area contributed by atoms with Crippen molar-refractivity contribution in [2.24, 2.45) is 0 Å². The van der Waals surface area contributed by atoms with Crippen LogP contribution in [0.4, 0.5) is 5.69 Å². The van der Waals surface area contributed by atoms with Gasteiger partial charge in [-0.25, -0.2) is 14.4 Å². The van der Waals surface area contributed by atoms with E-state index in [4.69, 9.17) is 18.9 Å². The summed E-state index contributed by atoms with van der Waals surface area (Å²) < 4.78 is 21.3. The summed E-state index contributed by atoms with van der Waals surface area (Å²) in [6.45, 7) is 0. The number of esters is 2. The molecule has 0 aliphatic heterocycles. The summed E-state index contributed by atoms with van der Waals surface area (Å²) in [6.07, 6.45) is -4.23. The Balaban J connectivity index is 1.93. The smallest absolute Gasteiger partial charge is 0.349 e. The molecule has 2 N–H and O–H groups in total. The molecule has 0 bridgehead atoms. The van der Waals surface area contributed by atoms with E-state index in [1.807, 2.05) is 0 Å². The Kier molecular flexibility index (Phi) is 9.22. The van der Waals surface area contributed by atoms with Crippen LogP contribution < -0.4 is 14.8 Å². The summed E-state index contributed by atoms with van der Waals surface area (Å²) >= 11 is 3.27. The van der Waals surface area contributed by atoms with Crippen LogP contribution in [0.5, 0.6) is 11.5 Å².